The van der Waals surface area contributed by atoms with Crippen molar-refractivity contribution in [3.05, 3.63) is 89.2 Å². The van der Waals surface area contributed by atoms with E-state index in [0.717, 1.165) is 16.7 Å². The first-order valence-electron chi connectivity index (χ1n) is 10.9. The highest BCUT2D eigenvalue weighted by molar-refractivity contribution is 6.30. The molecular weight excluding hydrogens is 450 g/mol. The molecule has 176 valence electrons. The van der Waals surface area contributed by atoms with Crippen LogP contribution in [0.1, 0.15) is 32.0 Å². The van der Waals surface area contributed by atoms with Crippen LogP contribution in [0.3, 0.4) is 0 Å². The maximum Gasteiger partial charge on any atom is 0.405 e. The number of anilines is 1. The Morgan fingerprint density at radius 3 is 2.29 bits per heavy atom. The van der Waals surface area contributed by atoms with Crippen molar-refractivity contribution >= 4 is 35.4 Å². The average molecular weight is 478 g/mol. The third-order valence-electron chi connectivity index (χ3n) is 5.68. The molecule has 0 bridgehead atoms. The minimum atomic E-state index is -0.782. The van der Waals surface area contributed by atoms with Crippen LogP contribution < -0.4 is 11.1 Å². The number of carbonyl (C=O) groups excluding carboxylic acids is 2. The molecule has 0 aliphatic heterocycles. The lowest BCUT2D eigenvalue weighted by molar-refractivity contribution is -0.111. The van der Waals surface area contributed by atoms with Gasteiger partial charge < -0.3 is 15.8 Å². The highest BCUT2D eigenvalue weighted by Gasteiger charge is 2.29. The van der Waals surface area contributed by atoms with Gasteiger partial charge in [0.2, 0.25) is 5.91 Å². The predicted molar refractivity (Wildman–Crippen MR) is 136 cm³/mol. The van der Waals surface area contributed by atoms with Gasteiger partial charge >= 0.3 is 6.09 Å². The van der Waals surface area contributed by atoms with Gasteiger partial charge in [0.05, 0.1) is 5.69 Å². The molecule has 0 spiro atoms. The first kappa shape index (κ1) is 25.0. The molecule has 6 nitrogen and oxygen atoms in total. The monoisotopic (exact) mass is 477 g/mol. The van der Waals surface area contributed by atoms with Crippen molar-refractivity contribution in [1.29, 1.82) is 0 Å². The molecular formula is C27H28ClN3O3. The summed E-state index contributed by atoms with van der Waals surface area (Å²) in [5.74, 6) is -0.192. The van der Waals surface area contributed by atoms with Crippen LogP contribution in [0.4, 0.5) is 10.5 Å². The van der Waals surface area contributed by atoms with Crippen molar-refractivity contribution < 1.29 is 14.3 Å². The molecule has 7 heteroatoms. The van der Waals surface area contributed by atoms with Crippen LogP contribution in [-0.4, -0.2) is 22.6 Å². The van der Waals surface area contributed by atoms with Crippen LogP contribution in [-0.2, 0) is 16.0 Å². The fourth-order valence-corrected chi connectivity index (χ4v) is 3.47. The Labute approximate surface area is 204 Å². The Kier molecular flexibility index (Phi) is 8.08. The summed E-state index contributed by atoms with van der Waals surface area (Å²) in [6.07, 6.45) is 4.79. The zero-order valence-corrected chi connectivity index (χ0v) is 20.2. The number of pyridine rings is 1. The van der Waals surface area contributed by atoms with Gasteiger partial charge in [-0.15, -0.1) is 0 Å². The number of primary amides is 1. The Hall–Kier alpha value is -3.64. The smallest absolute Gasteiger partial charge is 0.405 e. The molecule has 2 aromatic carbocycles. The van der Waals surface area contributed by atoms with Crippen molar-refractivity contribution in [2.75, 3.05) is 5.32 Å². The Morgan fingerprint density at radius 1 is 1.06 bits per heavy atom. The Morgan fingerprint density at radius 2 is 1.71 bits per heavy atom. The molecule has 0 fully saturated rings. The number of amides is 2. The molecule has 2 amide bonds. The summed E-state index contributed by atoms with van der Waals surface area (Å²) in [6, 6.07) is 18.9. The summed E-state index contributed by atoms with van der Waals surface area (Å²) in [4.78, 5) is 27.8. The second-order valence-corrected chi connectivity index (χ2v) is 9.06. The van der Waals surface area contributed by atoms with E-state index in [-0.39, 0.29) is 11.8 Å². The number of nitrogens with two attached hydrogens (primary N) is 1. The van der Waals surface area contributed by atoms with E-state index in [2.05, 4.69) is 10.3 Å². The summed E-state index contributed by atoms with van der Waals surface area (Å²) in [5.41, 5.74) is 8.90. The molecule has 1 atom stereocenters. The summed E-state index contributed by atoms with van der Waals surface area (Å²) in [6.45, 7) is 5.67. The van der Waals surface area contributed by atoms with Gasteiger partial charge in [-0.05, 0) is 73.7 Å². The molecule has 3 N–H and O–H groups in total. The molecule has 0 radical (unpaired) electrons. The highest BCUT2D eigenvalue weighted by atomic mass is 35.5. The van der Waals surface area contributed by atoms with E-state index >= 15 is 0 Å². The number of nitrogens with one attached hydrogen (secondary N) is 1. The molecule has 0 saturated heterocycles. The van der Waals surface area contributed by atoms with Gasteiger partial charge in [0, 0.05) is 28.5 Å². The maximum atomic E-state index is 12.3. The van der Waals surface area contributed by atoms with E-state index < -0.39 is 11.7 Å². The van der Waals surface area contributed by atoms with E-state index in [4.69, 9.17) is 22.1 Å². The van der Waals surface area contributed by atoms with Crippen LogP contribution in [0.15, 0.2) is 72.9 Å². The lowest BCUT2D eigenvalue weighted by atomic mass is 9.87. The minimum absolute atomic E-state index is 0.0574. The van der Waals surface area contributed by atoms with Crippen LogP contribution >= 0.6 is 11.6 Å². The fourth-order valence-electron chi connectivity index (χ4n) is 3.35. The van der Waals surface area contributed by atoms with Gasteiger partial charge in [-0.3, -0.25) is 9.78 Å². The van der Waals surface area contributed by atoms with Gasteiger partial charge in [0.15, 0.2) is 0 Å². The zero-order valence-electron chi connectivity index (χ0n) is 19.4. The summed E-state index contributed by atoms with van der Waals surface area (Å²) < 4.78 is 5.21. The van der Waals surface area contributed by atoms with Crippen molar-refractivity contribution in [3.63, 3.8) is 0 Å². The van der Waals surface area contributed by atoms with Crippen LogP contribution in [0.5, 0.6) is 0 Å². The van der Waals surface area contributed by atoms with Gasteiger partial charge in [-0.25, -0.2) is 4.79 Å². The second kappa shape index (κ2) is 11.0. The molecule has 3 aromatic rings. The molecule has 1 heterocycles. The Balaban J connectivity index is 1.54. The number of rotatable bonds is 8. The Bertz CT molecular complexity index is 1160. The predicted octanol–water partition coefficient (Wildman–Crippen LogP) is 6.11. The molecule has 0 saturated carbocycles. The van der Waals surface area contributed by atoms with E-state index in [0.29, 0.717) is 22.8 Å². The molecule has 3 rings (SSSR count). The number of halogens is 1. The largest absolute Gasteiger partial charge is 0.443 e. The molecule has 34 heavy (non-hydrogen) atoms. The number of hydrogen-bond donors (Lipinski definition) is 2. The summed E-state index contributed by atoms with van der Waals surface area (Å²) in [5, 5.41) is 3.53. The van der Waals surface area contributed by atoms with E-state index in [1.165, 1.54) is 6.08 Å². The number of benzene rings is 2. The second-order valence-electron chi connectivity index (χ2n) is 8.63. The topological polar surface area (TPSA) is 94.3 Å². The minimum Gasteiger partial charge on any atom is -0.443 e. The van der Waals surface area contributed by atoms with Crippen LogP contribution in [0.25, 0.3) is 17.2 Å². The van der Waals surface area contributed by atoms with Crippen molar-refractivity contribution in [2.24, 2.45) is 11.7 Å². The lowest BCUT2D eigenvalue weighted by Gasteiger charge is -2.31. The van der Waals surface area contributed by atoms with Gasteiger partial charge in [0.25, 0.3) is 0 Å². The zero-order chi connectivity index (χ0) is 24.7. The number of nitrogens with zero attached hydrogens (tertiary/aromatic N) is 1. The van der Waals surface area contributed by atoms with Gasteiger partial charge in [0.1, 0.15) is 5.60 Å². The first-order chi connectivity index (χ1) is 16.1. The van der Waals surface area contributed by atoms with Crippen LogP contribution in [0.2, 0.25) is 5.02 Å². The molecule has 1 unspecified atom stereocenters. The third-order valence-corrected chi connectivity index (χ3v) is 5.94. The van der Waals surface area contributed by atoms with Gasteiger partial charge in [-0.2, -0.15) is 0 Å². The molecule has 1 aromatic heterocycles. The lowest BCUT2D eigenvalue weighted by Crippen LogP contribution is -2.38. The number of carbonyl (C=O) groups is 2. The number of aromatic nitrogens is 1. The highest BCUT2D eigenvalue weighted by Crippen LogP contribution is 2.25. The van der Waals surface area contributed by atoms with Gasteiger partial charge in [-0.1, -0.05) is 48.9 Å². The standard InChI is InChI=1S/C27H28ClN3O3/c1-18(27(2,3)34-26(29)33)16-19-4-11-24(12-5-19)31-25(32)15-14-23-13-8-21(17-30-23)20-6-9-22(28)10-7-20/h4-15,17-18H,16H2,1-3H3,(H2,29,33)(H,31,32)/b15-14+. The fraction of sp³-hybridized carbons (Fsp3) is 0.222. The van der Waals surface area contributed by atoms with Crippen LogP contribution in [0, 0.1) is 5.92 Å². The average Bonchev–Trinajstić information content (AvgIpc) is 2.79. The first-order valence-corrected chi connectivity index (χ1v) is 11.3. The van der Waals surface area contributed by atoms with Crippen molar-refractivity contribution in [2.45, 2.75) is 32.8 Å². The van der Waals surface area contributed by atoms with Crippen molar-refractivity contribution in [3.8, 4) is 11.1 Å². The van der Waals surface area contributed by atoms with E-state index in [1.807, 2.05) is 81.4 Å². The maximum absolute atomic E-state index is 12.3. The van der Waals surface area contributed by atoms with Crippen molar-refractivity contribution in [1.82, 2.24) is 4.98 Å². The number of hydrogen-bond acceptors (Lipinski definition) is 4. The molecule has 0 aliphatic rings. The quantitative estimate of drug-likeness (QED) is 0.383. The molecule has 0 aliphatic carbocycles. The SMILES string of the molecule is CC(Cc1ccc(NC(=O)/C=C/c2ccc(-c3ccc(Cl)cc3)cn2)cc1)C(C)(C)OC(N)=O. The van der Waals surface area contributed by atoms with E-state index in [9.17, 15) is 9.59 Å². The third kappa shape index (κ3) is 7.18. The normalized spacial score (nSPS) is 12.4. The van der Waals surface area contributed by atoms with E-state index in [1.54, 1.807) is 12.3 Å². The number of ether oxygens (including phenoxy) is 1. The summed E-state index contributed by atoms with van der Waals surface area (Å²) >= 11 is 5.93. The summed E-state index contributed by atoms with van der Waals surface area (Å²) in [7, 11) is 0.